The summed E-state index contributed by atoms with van der Waals surface area (Å²) in [5.41, 5.74) is 0.289. The maximum Gasteiger partial charge on any atom is 0.338 e. The SMILES string of the molecule is O=C(O)c1ccc(CN(Cc2ccccc2F)S(=O)c2ccc(Cl)cc2)cc1F. The van der Waals surface area contributed by atoms with Gasteiger partial charge in [0.05, 0.1) is 10.5 Å². The smallest absolute Gasteiger partial charge is 0.338 e. The molecule has 3 aromatic carbocycles. The van der Waals surface area contributed by atoms with Crippen LogP contribution in [-0.2, 0) is 24.1 Å². The zero-order chi connectivity index (χ0) is 21.0. The second-order valence-corrected chi connectivity index (χ2v) is 8.13. The summed E-state index contributed by atoms with van der Waals surface area (Å²) in [5.74, 6) is -2.71. The molecule has 3 aromatic rings. The normalized spacial score (nSPS) is 12.1. The molecule has 0 aliphatic rings. The van der Waals surface area contributed by atoms with Gasteiger partial charge in [0, 0.05) is 23.7 Å². The predicted molar refractivity (Wildman–Crippen MR) is 107 cm³/mol. The van der Waals surface area contributed by atoms with Crippen molar-refractivity contribution in [3.05, 3.63) is 100 Å². The first kappa shape index (κ1) is 21.1. The number of halogens is 3. The van der Waals surface area contributed by atoms with Crippen LogP contribution >= 0.6 is 11.6 Å². The van der Waals surface area contributed by atoms with Gasteiger partial charge in [-0.25, -0.2) is 22.1 Å². The molecule has 0 saturated heterocycles. The predicted octanol–water partition coefficient (Wildman–Crippen LogP) is 5.04. The Balaban J connectivity index is 1.93. The fourth-order valence-corrected chi connectivity index (χ4v) is 4.04. The number of hydrogen-bond donors (Lipinski definition) is 1. The maximum absolute atomic E-state index is 14.1. The number of rotatable bonds is 7. The van der Waals surface area contributed by atoms with Crippen LogP contribution in [0.1, 0.15) is 21.5 Å². The van der Waals surface area contributed by atoms with E-state index in [0.717, 1.165) is 12.1 Å². The lowest BCUT2D eigenvalue weighted by Gasteiger charge is -2.22. The molecule has 0 radical (unpaired) electrons. The Morgan fingerprint density at radius 1 is 0.966 bits per heavy atom. The highest BCUT2D eigenvalue weighted by atomic mass is 35.5. The lowest BCUT2D eigenvalue weighted by Crippen LogP contribution is -2.26. The third-order valence-corrected chi connectivity index (χ3v) is 5.83. The molecule has 0 aromatic heterocycles. The molecule has 150 valence electrons. The first-order chi connectivity index (χ1) is 13.8. The summed E-state index contributed by atoms with van der Waals surface area (Å²) in [4.78, 5) is 11.5. The minimum atomic E-state index is -1.69. The van der Waals surface area contributed by atoms with Crippen molar-refractivity contribution in [3.63, 3.8) is 0 Å². The van der Waals surface area contributed by atoms with Crippen molar-refractivity contribution in [2.75, 3.05) is 0 Å². The minimum absolute atomic E-state index is 0.00418. The Morgan fingerprint density at radius 3 is 2.28 bits per heavy atom. The highest BCUT2D eigenvalue weighted by molar-refractivity contribution is 7.82. The van der Waals surface area contributed by atoms with E-state index in [4.69, 9.17) is 16.7 Å². The average Bonchev–Trinajstić information content (AvgIpc) is 2.69. The molecule has 3 rings (SSSR count). The molecule has 0 spiro atoms. The highest BCUT2D eigenvalue weighted by Crippen LogP contribution is 2.22. The van der Waals surface area contributed by atoms with Crippen LogP contribution in [-0.4, -0.2) is 19.6 Å². The average molecular weight is 436 g/mol. The molecular formula is C21H16ClF2NO3S. The van der Waals surface area contributed by atoms with Crippen molar-refractivity contribution >= 4 is 28.6 Å². The van der Waals surface area contributed by atoms with E-state index < -0.39 is 34.2 Å². The summed E-state index contributed by atoms with van der Waals surface area (Å²) in [6, 6.07) is 16.2. The van der Waals surface area contributed by atoms with E-state index in [1.54, 1.807) is 42.5 Å². The summed E-state index contributed by atoms with van der Waals surface area (Å²) < 4.78 is 42.8. The van der Waals surface area contributed by atoms with Gasteiger partial charge in [0.2, 0.25) is 0 Å². The van der Waals surface area contributed by atoms with E-state index in [9.17, 15) is 17.8 Å². The molecule has 0 aliphatic heterocycles. The Labute approximate surface area is 173 Å². The van der Waals surface area contributed by atoms with E-state index in [1.807, 2.05) is 0 Å². The third kappa shape index (κ3) is 5.26. The van der Waals surface area contributed by atoms with Crippen LogP contribution in [0.4, 0.5) is 8.78 Å². The van der Waals surface area contributed by atoms with E-state index in [0.29, 0.717) is 21.0 Å². The molecule has 4 nitrogen and oxygen atoms in total. The van der Waals surface area contributed by atoms with Crippen molar-refractivity contribution in [3.8, 4) is 0 Å². The molecule has 0 heterocycles. The molecule has 0 bridgehead atoms. The number of carboxylic acid groups (broad SMARTS) is 1. The lowest BCUT2D eigenvalue weighted by atomic mass is 10.1. The molecule has 8 heteroatoms. The first-order valence-electron chi connectivity index (χ1n) is 8.52. The van der Waals surface area contributed by atoms with Crippen molar-refractivity contribution in [1.29, 1.82) is 0 Å². The number of carbonyl (C=O) groups is 1. The first-order valence-corrected chi connectivity index (χ1v) is 10.0. The summed E-state index contributed by atoms with van der Waals surface area (Å²) in [5, 5.41) is 9.46. The molecule has 0 aliphatic carbocycles. The number of carboxylic acids is 1. The van der Waals surface area contributed by atoms with Crippen LogP contribution in [0.3, 0.4) is 0 Å². The molecule has 0 saturated carbocycles. The van der Waals surface area contributed by atoms with Crippen LogP contribution in [0.25, 0.3) is 0 Å². The molecule has 0 amide bonds. The fourth-order valence-electron chi connectivity index (χ4n) is 2.72. The van der Waals surface area contributed by atoms with Gasteiger partial charge >= 0.3 is 5.97 Å². The molecule has 0 fully saturated rings. The summed E-state index contributed by atoms with van der Waals surface area (Å²) >= 11 is 5.88. The molecule has 1 atom stereocenters. The number of benzene rings is 3. The van der Waals surface area contributed by atoms with E-state index in [-0.39, 0.29) is 13.1 Å². The monoisotopic (exact) mass is 435 g/mol. The largest absolute Gasteiger partial charge is 0.478 e. The standard InChI is InChI=1S/C21H16ClF2NO3S/c22-16-6-8-17(9-7-16)29(28)25(13-15-3-1-2-4-19(15)23)12-14-5-10-18(21(26)27)20(24)11-14/h1-11H,12-13H2,(H,26,27). The number of hydrogen-bond acceptors (Lipinski definition) is 2. The maximum atomic E-state index is 14.1. The van der Waals surface area contributed by atoms with Gasteiger partial charge in [0.25, 0.3) is 0 Å². The number of nitrogens with zero attached hydrogens (tertiary/aromatic N) is 1. The fraction of sp³-hybridized carbons (Fsp3) is 0.0952. The second-order valence-electron chi connectivity index (χ2n) is 6.21. The summed E-state index contributed by atoms with van der Waals surface area (Å²) in [6.45, 7) is 0.0185. The van der Waals surface area contributed by atoms with Crippen molar-refractivity contribution in [2.45, 2.75) is 18.0 Å². The molecule has 1 unspecified atom stereocenters. The zero-order valence-electron chi connectivity index (χ0n) is 15.0. The minimum Gasteiger partial charge on any atom is -0.478 e. The molecule has 29 heavy (non-hydrogen) atoms. The summed E-state index contributed by atoms with van der Waals surface area (Å²) in [7, 11) is -1.69. The number of aromatic carboxylic acids is 1. The van der Waals surface area contributed by atoms with Crippen LogP contribution in [0.2, 0.25) is 5.02 Å². The van der Waals surface area contributed by atoms with Crippen LogP contribution in [0, 0.1) is 11.6 Å². The van der Waals surface area contributed by atoms with E-state index in [2.05, 4.69) is 0 Å². The van der Waals surface area contributed by atoms with E-state index >= 15 is 0 Å². The lowest BCUT2D eigenvalue weighted by molar-refractivity contribution is 0.0692. The van der Waals surface area contributed by atoms with Crippen molar-refractivity contribution < 1.29 is 22.9 Å². The van der Waals surface area contributed by atoms with Crippen molar-refractivity contribution in [1.82, 2.24) is 4.31 Å². The quantitative estimate of drug-likeness (QED) is 0.565. The van der Waals surface area contributed by atoms with Crippen LogP contribution < -0.4 is 0 Å². The van der Waals surface area contributed by atoms with Gasteiger partial charge in [0.15, 0.2) is 0 Å². The van der Waals surface area contributed by atoms with Gasteiger partial charge in [-0.15, -0.1) is 0 Å². The molecule has 1 N–H and O–H groups in total. The van der Waals surface area contributed by atoms with Gasteiger partial charge in [-0.2, -0.15) is 0 Å². The van der Waals surface area contributed by atoms with Gasteiger partial charge in [-0.05, 0) is 48.0 Å². The third-order valence-electron chi connectivity index (χ3n) is 4.18. The Hall–Kier alpha value is -2.61. The van der Waals surface area contributed by atoms with E-state index in [1.165, 1.54) is 16.4 Å². The van der Waals surface area contributed by atoms with Gasteiger partial charge in [0.1, 0.15) is 22.6 Å². The van der Waals surface area contributed by atoms with Gasteiger partial charge < -0.3 is 5.11 Å². The van der Waals surface area contributed by atoms with Crippen LogP contribution in [0.5, 0.6) is 0 Å². The van der Waals surface area contributed by atoms with Gasteiger partial charge in [-0.1, -0.05) is 35.9 Å². The second kappa shape index (κ2) is 9.26. The zero-order valence-corrected chi connectivity index (χ0v) is 16.6. The summed E-state index contributed by atoms with van der Waals surface area (Å²) in [6.07, 6.45) is 0. The Bertz CT molecular complexity index is 1060. The highest BCUT2D eigenvalue weighted by Gasteiger charge is 2.19. The Kier molecular flexibility index (Phi) is 6.74. The van der Waals surface area contributed by atoms with Crippen LogP contribution in [0.15, 0.2) is 71.6 Å². The topological polar surface area (TPSA) is 57.6 Å². The van der Waals surface area contributed by atoms with Crippen molar-refractivity contribution in [2.24, 2.45) is 0 Å². The van der Waals surface area contributed by atoms with Gasteiger partial charge in [-0.3, -0.25) is 0 Å². The molecular weight excluding hydrogens is 420 g/mol. The Morgan fingerprint density at radius 2 is 1.66 bits per heavy atom.